The first-order valence-electron chi connectivity index (χ1n) is 9.47. The van der Waals surface area contributed by atoms with Crippen LogP contribution < -0.4 is 16.0 Å². The first-order valence-corrected chi connectivity index (χ1v) is 10.6. The van der Waals surface area contributed by atoms with E-state index in [4.69, 9.17) is 34.8 Å². The number of rotatable bonds is 5. The van der Waals surface area contributed by atoms with Gasteiger partial charge < -0.3 is 16.0 Å². The molecule has 1 aromatic carbocycles. The number of nitrogens with zero attached hydrogens (tertiary/aromatic N) is 1. The maximum Gasteiger partial charge on any atom is 0.321 e. The maximum atomic E-state index is 12.5. The third-order valence-corrected chi connectivity index (χ3v) is 5.13. The molecule has 1 unspecified atom stereocenters. The van der Waals surface area contributed by atoms with Gasteiger partial charge in [0.15, 0.2) is 6.17 Å². The van der Waals surface area contributed by atoms with E-state index in [0.29, 0.717) is 11.4 Å². The molecule has 0 saturated carbocycles. The van der Waals surface area contributed by atoms with Crippen LogP contribution in [0.3, 0.4) is 0 Å². The lowest BCUT2D eigenvalue weighted by molar-refractivity contribution is -0.117. The molecule has 1 aliphatic carbocycles. The number of fused-ring (bicyclic) bond motifs is 1. The van der Waals surface area contributed by atoms with Gasteiger partial charge in [0.1, 0.15) is 0 Å². The second-order valence-electron chi connectivity index (χ2n) is 6.76. The van der Waals surface area contributed by atoms with E-state index < -0.39 is 21.9 Å². The van der Waals surface area contributed by atoms with Crippen molar-refractivity contribution < 1.29 is 9.59 Å². The fourth-order valence-electron chi connectivity index (χ4n) is 3.03. The van der Waals surface area contributed by atoms with Gasteiger partial charge in [-0.05, 0) is 49.0 Å². The van der Waals surface area contributed by atoms with Crippen molar-refractivity contribution >= 4 is 64.3 Å². The van der Waals surface area contributed by atoms with Crippen LogP contribution in [0.1, 0.15) is 24.8 Å². The third-order valence-electron chi connectivity index (χ3n) is 4.47. The smallest absolute Gasteiger partial charge is 0.321 e. The summed E-state index contributed by atoms with van der Waals surface area (Å²) in [5.74, 6) is -0.506. The predicted molar refractivity (Wildman–Crippen MR) is 123 cm³/mol. The number of aliphatic imine (C=N–C) groups is 1. The topological polar surface area (TPSA) is 82.6 Å². The molecule has 0 radical (unpaired) electrons. The molecule has 0 saturated heterocycles. The first kappa shape index (κ1) is 22.4. The Hall–Kier alpha value is -2.28. The van der Waals surface area contributed by atoms with Crippen LogP contribution in [-0.2, 0) is 11.2 Å². The molecule has 9 heteroatoms. The fourth-order valence-corrected chi connectivity index (χ4v) is 3.36. The van der Waals surface area contributed by atoms with Crippen molar-refractivity contribution in [1.29, 1.82) is 0 Å². The van der Waals surface area contributed by atoms with Crippen molar-refractivity contribution in [2.75, 3.05) is 5.32 Å². The highest BCUT2D eigenvalue weighted by Crippen LogP contribution is 2.33. The number of nitrogens with one attached hydrogen (secondary N) is 3. The number of amides is 3. The largest absolute Gasteiger partial charge is 0.329 e. The third kappa shape index (κ3) is 6.36. The second-order valence-corrected chi connectivity index (χ2v) is 9.13. The summed E-state index contributed by atoms with van der Waals surface area (Å²) in [5.41, 5.74) is 3.19. The first-order chi connectivity index (χ1) is 14.3. The number of urea groups is 1. The molecule has 30 heavy (non-hydrogen) atoms. The minimum absolute atomic E-state index is 0.506. The van der Waals surface area contributed by atoms with Crippen LogP contribution in [0.5, 0.6) is 0 Å². The van der Waals surface area contributed by atoms with Crippen molar-refractivity contribution in [2.24, 2.45) is 4.99 Å². The van der Waals surface area contributed by atoms with Gasteiger partial charge in [0, 0.05) is 12.3 Å². The maximum absolute atomic E-state index is 12.5. The number of anilines is 1. The van der Waals surface area contributed by atoms with Gasteiger partial charge in [-0.15, -0.1) is 0 Å². The number of halogens is 3. The Labute approximate surface area is 190 Å². The number of carbonyl (C=O) groups excluding carboxylic acids is 2. The standard InChI is InChI=1S/C21H21Cl3N4O2/c22-21(23,24)19(27-17(29)12-11-14-6-2-1-3-7-14)28-20(30)26-16-10-4-8-15-9-5-13-25-18(15)16/h2,4,6-8,10-13,19H,1,3,5,9H2,(H,27,29)(H2,26,28,30)/b12-11+. The summed E-state index contributed by atoms with van der Waals surface area (Å²) in [6.45, 7) is 0. The van der Waals surface area contributed by atoms with E-state index in [-0.39, 0.29) is 0 Å². The molecule has 1 aromatic rings. The Kier molecular flexibility index (Phi) is 7.58. The minimum atomic E-state index is -1.96. The quantitative estimate of drug-likeness (QED) is 0.320. The van der Waals surface area contributed by atoms with Gasteiger partial charge >= 0.3 is 6.03 Å². The van der Waals surface area contributed by atoms with Crippen molar-refractivity contribution in [3.05, 3.63) is 59.7 Å². The molecule has 158 valence electrons. The average molecular weight is 468 g/mol. The van der Waals surface area contributed by atoms with Crippen LogP contribution in [-0.4, -0.2) is 28.1 Å². The lowest BCUT2D eigenvalue weighted by atomic mass is 10.0. The Morgan fingerprint density at radius 3 is 2.70 bits per heavy atom. The number of hydrogen-bond acceptors (Lipinski definition) is 3. The molecule has 3 rings (SSSR count). The van der Waals surface area contributed by atoms with Crippen molar-refractivity contribution in [3.8, 4) is 0 Å². The molecule has 0 bridgehead atoms. The summed E-state index contributed by atoms with van der Waals surface area (Å²) in [6.07, 6.45) is 13.1. The van der Waals surface area contributed by atoms with E-state index in [2.05, 4.69) is 20.9 Å². The zero-order chi connectivity index (χ0) is 21.6. The van der Waals surface area contributed by atoms with Gasteiger partial charge in [-0.3, -0.25) is 9.79 Å². The Bertz CT molecular complexity index is 933. The molecular weight excluding hydrogens is 447 g/mol. The van der Waals surface area contributed by atoms with Crippen molar-refractivity contribution in [3.63, 3.8) is 0 Å². The molecule has 1 heterocycles. The number of alkyl halides is 3. The second kappa shape index (κ2) is 10.2. The molecule has 0 aromatic heterocycles. The molecule has 2 aliphatic rings. The predicted octanol–water partition coefficient (Wildman–Crippen LogP) is 5.10. The van der Waals surface area contributed by atoms with Gasteiger partial charge in [0.25, 0.3) is 0 Å². The summed E-state index contributed by atoms with van der Waals surface area (Å²) in [4.78, 5) is 29.1. The number of benzene rings is 1. The van der Waals surface area contributed by atoms with Crippen LogP contribution in [0.15, 0.2) is 59.1 Å². The van der Waals surface area contributed by atoms with E-state index >= 15 is 0 Å². The summed E-state index contributed by atoms with van der Waals surface area (Å²) < 4.78 is -1.96. The van der Waals surface area contributed by atoms with Gasteiger partial charge in [-0.25, -0.2) is 4.79 Å². The van der Waals surface area contributed by atoms with E-state index in [1.54, 1.807) is 18.4 Å². The minimum Gasteiger partial charge on any atom is -0.329 e. The monoisotopic (exact) mass is 466 g/mol. The summed E-state index contributed by atoms with van der Waals surface area (Å²) >= 11 is 17.9. The molecule has 0 spiro atoms. The Morgan fingerprint density at radius 1 is 1.13 bits per heavy atom. The molecular formula is C21H21Cl3N4O2. The highest BCUT2D eigenvalue weighted by atomic mass is 35.6. The highest BCUT2D eigenvalue weighted by molar-refractivity contribution is 6.68. The Morgan fingerprint density at radius 2 is 1.97 bits per heavy atom. The molecule has 3 amide bonds. The van der Waals surface area contributed by atoms with Crippen LogP contribution in [0.2, 0.25) is 0 Å². The van der Waals surface area contributed by atoms with Crippen LogP contribution >= 0.6 is 34.8 Å². The summed E-state index contributed by atoms with van der Waals surface area (Å²) in [5, 5.41) is 7.69. The molecule has 6 nitrogen and oxygen atoms in total. The summed E-state index contributed by atoms with van der Waals surface area (Å²) in [7, 11) is 0. The van der Waals surface area contributed by atoms with Gasteiger partial charge in [0.05, 0.1) is 11.4 Å². The molecule has 0 fully saturated rings. The zero-order valence-corrected chi connectivity index (χ0v) is 18.3. The van der Waals surface area contributed by atoms with Crippen molar-refractivity contribution in [2.45, 2.75) is 35.6 Å². The van der Waals surface area contributed by atoms with E-state index in [1.165, 1.54) is 6.08 Å². The van der Waals surface area contributed by atoms with E-state index in [0.717, 1.165) is 36.8 Å². The SMILES string of the molecule is O=C(/C=C/C1=CCCC=C1)NC(NC(=O)Nc1cccc2c1N=CCC2)C(Cl)(Cl)Cl. The van der Waals surface area contributed by atoms with Gasteiger partial charge in [-0.2, -0.15) is 0 Å². The van der Waals surface area contributed by atoms with Crippen LogP contribution in [0, 0.1) is 0 Å². The number of hydrogen-bond donors (Lipinski definition) is 3. The van der Waals surface area contributed by atoms with Crippen LogP contribution in [0.25, 0.3) is 0 Å². The van der Waals surface area contributed by atoms with Crippen LogP contribution in [0.4, 0.5) is 16.2 Å². The lowest BCUT2D eigenvalue weighted by Gasteiger charge is -2.26. The van der Waals surface area contributed by atoms with Gasteiger partial charge in [0.2, 0.25) is 9.70 Å². The number of carbonyl (C=O) groups is 2. The molecule has 1 aliphatic heterocycles. The van der Waals surface area contributed by atoms with Crippen molar-refractivity contribution in [1.82, 2.24) is 10.6 Å². The Balaban J connectivity index is 1.64. The molecule has 1 atom stereocenters. The molecule has 3 N–H and O–H groups in total. The van der Waals surface area contributed by atoms with Gasteiger partial charge in [-0.1, -0.05) is 65.2 Å². The van der Waals surface area contributed by atoms with E-state index in [1.807, 2.05) is 30.4 Å². The number of para-hydroxylation sites is 1. The highest BCUT2D eigenvalue weighted by Gasteiger charge is 2.35. The normalized spacial score (nSPS) is 16.6. The number of aryl methyl sites for hydroxylation is 1. The average Bonchev–Trinajstić information content (AvgIpc) is 2.72. The van der Waals surface area contributed by atoms with E-state index in [9.17, 15) is 9.59 Å². The zero-order valence-electron chi connectivity index (χ0n) is 16.0. The lowest BCUT2D eigenvalue weighted by Crippen LogP contribution is -2.55. The fraction of sp³-hybridized carbons (Fsp3) is 0.286. The summed E-state index contributed by atoms with van der Waals surface area (Å²) in [6, 6.07) is 4.89. The number of allylic oxidation sites excluding steroid dienone is 5.